The molecule has 1 aromatic heterocycles. The summed E-state index contributed by atoms with van der Waals surface area (Å²) in [4.78, 5) is 6.09. The van der Waals surface area contributed by atoms with Gasteiger partial charge >= 0.3 is 0 Å². The van der Waals surface area contributed by atoms with E-state index in [1.807, 2.05) is 4.73 Å². The topological polar surface area (TPSA) is 13.1 Å². The van der Waals surface area contributed by atoms with Crippen LogP contribution < -0.4 is 9.57 Å². The summed E-state index contributed by atoms with van der Waals surface area (Å²) in [5.74, 6) is 0. The van der Waals surface area contributed by atoms with E-state index in [0.717, 1.165) is 0 Å². The molecule has 0 unspecified atom stereocenters. The van der Waals surface area contributed by atoms with E-state index in [0.29, 0.717) is 6.10 Å². The number of pyridine rings is 1. The molecule has 0 amide bonds. The predicted molar refractivity (Wildman–Crippen MR) is 64.3 cm³/mol. The maximum absolute atomic E-state index is 6.09. The lowest BCUT2D eigenvalue weighted by Crippen LogP contribution is -2.52. The van der Waals surface area contributed by atoms with Crippen molar-refractivity contribution in [3.63, 3.8) is 0 Å². The lowest BCUT2D eigenvalue weighted by molar-refractivity contribution is -0.907. The lowest BCUT2D eigenvalue weighted by atomic mass is 9.98. The molecule has 0 N–H and O–H groups in total. The molecule has 0 aliphatic heterocycles. The van der Waals surface area contributed by atoms with E-state index < -0.39 is 0 Å². The molecule has 0 radical (unpaired) electrons. The third-order valence-corrected chi connectivity index (χ3v) is 3.32. The van der Waals surface area contributed by atoms with E-state index in [4.69, 9.17) is 4.84 Å². The van der Waals surface area contributed by atoms with Crippen molar-refractivity contribution in [2.75, 3.05) is 0 Å². The summed E-state index contributed by atoms with van der Waals surface area (Å²) in [6.45, 7) is 6.36. The summed E-state index contributed by atoms with van der Waals surface area (Å²) < 4.78 is 2.00. The van der Waals surface area contributed by atoms with Gasteiger partial charge in [-0.1, -0.05) is 6.42 Å². The van der Waals surface area contributed by atoms with Crippen molar-refractivity contribution in [3.8, 4) is 0 Å². The minimum absolute atomic E-state index is 0.416. The number of nitrogens with zero attached hydrogens (tertiary/aromatic N) is 1. The SMILES string of the molecule is Cc1cc(C)[n+](OC2CCCCC2)c(C)c1. The number of aryl methyl sites for hydroxylation is 3. The van der Waals surface area contributed by atoms with Crippen LogP contribution in [0.2, 0.25) is 0 Å². The van der Waals surface area contributed by atoms with Crippen molar-refractivity contribution in [3.05, 3.63) is 29.1 Å². The summed E-state index contributed by atoms with van der Waals surface area (Å²) in [6, 6.07) is 4.35. The van der Waals surface area contributed by atoms with Crippen molar-refractivity contribution in [2.45, 2.75) is 59.0 Å². The Labute approximate surface area is 98.2 Å². The molecule has 1 aliphatic rings. The average Bonchev–Trinajstić information content (AvgIpc) is 2.25. The molecule has 0 bridgehead atoms. The first-order valence-corrected chi connectivity index (χ1v) is 6.34. The van der Waals surface area contributed by atoms with Gasteiger partial charge in [0, 0.05) is 30.7 Å². The summed E-state index contributed by atoms with van der Waals surface area (Å²) in [5, 5.41) is 0. The molecule has 0 saturated heterocycles. The van der Waals surface area contributed by atoms with Crippen LogP contribution in [-0.4, -0.2) is 6.10 Å². The first-order chi connectivity index (χ1) is 7.66. The number of rotatable bonds is 2. The van der Waals surface area contributed by atoms with E-state index in [1.165, 1.54) is 49.1 Å². The maximum Gasteiger partial charge on any atom is 0.231 e. The minimum Gasteiger partial charge on any atom is -0.268 e. The Morgan fingerprint density at radius 3 is 2.12 bits per heavy atom. The second kappa shape index (κ2) is 4.86. The summed E-state index contributed by atoms with van der Waals surface area (Å²) in [6.07, 6.45) is 6.83. The van der Waals surface area contributed by atoms with Gasteiger partial charge in [0.15, 0.2) is 6.10 Å². The van der Waals surface area contributed by atoms with Gasteiger partial charge in [0.1, 0.15) is 0 Å². The Balaban J connectivity index is 2.14. The van der Waals surface area contributed by atoms with E-state index >= 15 is 0 Å². The molecule has 16 heavy (non-hydrogen) atoms. The molecular weight excluding hydrogens is 198 g/mol. The third kappa shape index (κ3) is 2.55. The summed E-state index contributed by atoms with van der Waals surface area (Å²) in [7, 11) is 0. The monoisotopic (exact) mass is 220 g/mol. The highest BCUT2D eigenvalue weighted by Gasteiger charge is 2.22. The molecule has 1 fully saturated rings. The Morgan fingerprint density at radius 2 is 1.56 bits per heavy atom. The van der Waals surface area contributed by atoms with E-state index in [-0.39, 0.29) is 0 Å². The molecule has 2 heteroatoms. The fourth-order valence-corrected chi connectivity index (χ4v) is 2.58. The molecule has 1 heterocycles. The van der Waals surface area contributed by atoms with Crippen molar-refractivity contribution in [1.82, 2.24) is 0 Å². The summed E-state index contributed by atoms with van der Waals surface area (Å²) >= 11 is 0. The number of aromatic nitrogens is 1. The Hall–Kier alpha value is -1.05. The molecule has 88 valence electrons. The third-order valence-electron chi connectivity index (χ3n) is 3.32. The Bertz CT molecular complexity index is 344. The zero-order valence-corrected chi connectivity index (χ0v) is 10.6. The van der Waals surface area contributed by atoms with Crippen molar-refractivity contribution < 1.29 is 9.57 Å². The van der Waals surface area contributed by atoms with Crippen LogP contribution in [0, 0.1) is 20.8 Å². The minimum atomic E-state index is 0.416. The first kappa shape index (κ1) is 11.4. The molecule has 0 aromatic carbocycles. The van der Waals surface area contributed by atoms with Crippen LogP contribution in [-0.2, 0) is 0 Å². The highest BCUT2D eigenvalue weighted by molar-refractivity contribution is 5.13. The molecular formula is C14H22NO+. The van der Waals surface area contributed by atoms with Crippen LogP contribution in [0.5, 0.6) is 0 Å². The zero-order chi connectivity index (χ0) is 11.5. The van der Waals surface area contributed by atoms with Crippen LogP contribution in [0.1, 0.15) is 49.1 Å². The van der Waals surface area contributed by atoms with Gasteiger partial charge in [-0.15, -0.1) is 0 Å². The largest absolute Gasteiger partial charge is 0.268 e. The van der Waals surface area contributed by atoms with Crippen LogP contribution in [0.15, 0.2) is 12.1 Å². The van der Waals surface area contributed by atoms with Crippen LogP contribution in [0.25, 0.3) is 0 Å². The fraction of sp³-hybridized carbons (Fsp3) is 0.643. The first-order valence-electron chi connectivity index (χ1n) is 6.34. The smallest absolute Gasteiger partial charge is 0.231 e. The number of hydrogen-bond donors (Lipinski definition) is 0. The molecule has 2 nitrogen and oxygen atoms in total. The van der Waals surface area contributed by atoms with E-state index in [9.17, 15) is 0 Å². The zero-order valence-electron chi connectivity index (χ0n) is 10.6. The van der Waals surface area contributed by atoms with Crippen molar-refractivity contribution >= 4 is 0 Å². The molecule has 0 atom stereocenters. The second-order valence-corrected chi connectivity index (χ2v) is 4.98. The van der Waals surface area contributed by atoms with Gasteiger partial charge in [0.2, 0.25) is 11.4 Å². The Morgan fingerprint density at radius 1 is 1.00 bits per heavy atom. The standard InChI is InChI=1S/C14H22NO/c1-11-9-12(2)15(13(3)10-11)16-14-7-5-4-6-8-14/h9-10,14H,4-8H2,1-3H3/q+1. The fourth-order valence-electron chi connectivity index (χ4n) is 2.58. The summed E-state index contributed by atoms with van der Waals surface area (Å²) in [5.41, 5.74) is 3.70. The van der Waals surface area contributed by atoms with Crippen molar-refractivity contribution in [1.29, 1.82) is 0 Å². The van der Waals surface area contributed by atoms with Crippen LogP contribution >= 0.6 is 0 Å². The van der Waals surface area contributed by atoms with E-state index in [1.54, 1.807) is 0 Å². The second-order valence-electron chi connectivity index (χ2n) is 4.98. The maximum atomic E-state index is 6.09. The van der Waals surface area contributed by atoms with Gasteiger partial charge < -0.3 is 0 Å². The Kier molecular flexibility index (Phi) is 3.47. The normalized spacial score (nSPS) is 17.4. The van der Waals surface area contributed by atoms with Gasteiger partial charge in [-0.25, -0.2) is 0 Å². The van der Waals surface area contributed by atoms with Gasteiger partial charge in [0.05, 0.1) is 0 Å². The average molecular weight is 220 g/mol. The van der Waals surface area contributed by atoms with E-state index in [2.05, 4.69) is 32.9 Å². The van der Waals surface area contributed by atoms with Gasteiger partial charge in [0.25, 0.3) is 0 Å². The van der Waals surface area contributed by atoms with Gasteiger partial charge in [-0.3, -0.25) is 4.84 Å². The van der Waals surface area contributed by atoms with Gasteiger partial charge in [-0.05, 0) is 38.2 Å². The van der Waals surface area contributed by atoms with Crippen LogP contribution in [0.4, 0.5) is 0 Å². The van der Waals surface area contributed by atoms with Crippen LogP contribution in [0.3, 0.4) is 0 Å². The predicted octanol–water partition coefficient (Wildman–Crippen LogP) is 2.66. The van der Waals surface area contributed by atoms with Gasteiger partial charge in [-0.2, -0.15) is 0 Å². The quantitative estimate of drug-likeness (QED) is 0.698. The highest BCUT2D eigenvalue weighted by atomic mass is 16.7. The van der Waals surface area contributed by atoms with Crippen molar-refractivity contribution in [2.24, 2.45) is 0 Å². The molecule has 1 aromatic rings. The molecule has 2 rings (SSSR count). The highest BCUT2D eigenvalue weighted by Crippen LogP contribution is 2.18. The molecule has 1 aliphatic carbocycles. The number of hydrogen-bond acceptors (Lipinski definition) is 1. The molecule has 0 spiro atoms. The molecule has 1 saturated carbocycles. The lowest BCUT2D eigenvalue weighted by Gasteiger charge is -2.19.